The maximum atomic E-state index is 8.36. The molecule has 0 amide bonds. The first kappa shape index (κ1) is 16.1. The van der Waals surface area contributed by atoms with Crippen molar-refractivity contribution in [1.29, 1.82) is 0 Å². The van der Waals surface area contributed by atoms with Crippen molar-refractivity contribution in [3.05, 3.63) is 0 Å². The fourth-order valence-corrected chi connectivity index (χ4v) is 0. The monoisotopic (exact) mass is 92.0 g/mol. The van der Waals surface area contributed by atoms with E-state index in [-0.39, 0.29) is 65.6 Å². The minimum Gasteiger partial charge on any atom is -0.483 e. The van der Waals surface area contributed by atoms with E-state index in [1.54, 1.807) is 0 Å². The molecule has 0 bridgehead atoms. The first-order chi connectivity index (χ1) is 1.41. The van der Waals surface area contributed by atoms with E-state index in [1.165, 1.54) is 0 Å². The number of hydrogen-bond donors (Lipinski definition) is 1. The Morgan fingerprint density at radius 3 is 1.40 bits per heavy atom. The zero-order valence-electron chi connectivity index (χ0n) is 3.43. The van der Waals surface area contributed by atoms with Crippen molar-refractivity contribution in [3.63, 3.8) is 0 Å². The third kappa shape index (κ3) is 30.5. The van der Waals surface area contributed by atoms with Gasteiger partial charge in [-0.25, -0.2) is 0 Å². The number of hydrogen-bond acceptors (Lipinski definition) is 1. The number of carbonyl (C=O) groups is 1. The van der Waals surface area contributed by atoms with Gasteiger partial charge in [-0.15, -0.1) is 0 Å². The van der Waals surface area contributed by atoms with Crippen LogP contribution < -0.4 is 0 Å². The minimum atomic E-state index is -0.250. The van der Waals surface area contributed by atoms with Crippen LogP contribution >= 0.6 is 0 Å². The van der Waals surface area contributed by atoms with Gasteiger partial charge >= 0.3 is 0 Å². The topological polar surface area (TPSA) is 37.3 Å². The summed E-state index contributed by atoms with van der Waals surface area (Å²) in [6.45, 7) is -0.250. The zero-order chi connectivity index (χ0) is 2.71. The van der Waals surface area contributed by atoms with Crippen LogP contribution in [0.15, 0.2) is 0 Å². The first-order valence-corrected chi connectivity index (χ1v) is 0.494. The van der Waals surface area contributed by atoms with Crippen LogP contribution in [-0.2, 0) is 4.79 Å². The molecular formula is CH2Na2O2. The SMILES string of the molecule is O=CO.[Na].[Na]. The molecule has 0 aliphatic carbocycles. The molecule has 5 heavy (non-hydrogen) atoms. The van der Waals surface area contributed by atoms with Crippen LogP contribution in [0.5, 0.6) is 0 Å². The quantitative estimate of drug-likeness (QED) is 0.305. The minimum absolute atomic E-state index is 0. The predicted molar refractivity (Wildman–Crippen MR) is 20.2 cm³/mol. The van der Waals surface area contributed by atoms with Gasteiger partial charge in [-0.1, -0.05) is 0 Å². The molecular weight excluding hydrogens is 90.0 g/mol. The molecule has 4 heteroatoms. The maximum Gasteiger partial charge on any atom is 0.290 e. The largest absolute Gasteiger partial charge is 0.483 e. The van der Waals surface area contributed by atoms with E-state index < -0.39 is 0 Å². The van der Waals surface area contributed by atoms with E-state index >= 15 is 0 Å². The van der Waals surface area contributed by atoms with Crippen molar-refractivity contribution in [2.24, 2.45) is 0 Å². The van der Waals surface area contributed by atoms with Gasteiger partial charge < -0.3 is 5.11 Å². The molecule has 0 saturated carbocycles. The van der Waals surface area contributed by atoms with Crippen molar-refractivity contribution in [2.45, 2.75) is 0 Å². The van der Waals surface area contributed by atoms with Gasteiger partial charge in [-0.3, -0.25) is 4.79 Å². The van der Waals surface area contributed by atoms with E-state index in [1.807, 2.05) is 0 Å². The molecule has 0 aromatic heterocycles. The second-order valence-corrected chi connectivity index (χ2v) is 0.105. The van der Waals surface area contributed by atoms with Gasteiger partial charge in [-0.05, 0) is 0 Å². The van der Waals surface area contributed by atoms with Crippen LogP contribution in [0.1, 0.15) is 0 Å². The van der Waals surface area contributed by atoms with Gasteiger partial charge in [0.15, 0.2) is 0 Å². The number of carboxylic acid groups (broad SMARTS) is 1. The average molecular weight is 92.0 g/mol. The van der Waals surface area contributed by atoms with Gasteiger partial charge in [0.1, 0.15) is 0 Å². The van der Waals surface area contributed by atoms with Crippen molar-refractivity contribution >= 4 is 65.6 Å². The Morgan fingerprint density at radius 2 is 1.40 bits per heavy atom. The Bertz CT molecular complexity index is 15.1. The smallest absolute Gasteiger partial charge is 0.290 e. The molecule has 0 atom stereocenters. The normalized spacial score (nSPS) is 2.40. The Labute approximate surface area is 74.5 Å². The van der Waals surface area contributed by atoms with Gasteiger partial charge in [0.2, 0.25) is 0 Å². The molecule has 2 nitrogen and oxygen atoms in total. The fourth-order valence-electron chi connectivity index (χ4n) is 0. The summed E-state index contributed by atoms with van der Waals surface area (Å²) < 4.78 is 0. The van der Waals surface area contributed by atoms with E-state index in [9.17, 15) is 0 Å². The number of rotatable bonds is 0. The second kappa shape index (κ2) is 17.9. The molecule has 0 unspecified atom stereocenters. The summed E-state index contributed by atoms with van der Waals surface area (Å²) in [6, 6.07) is 0. The van der Waals surface area contributed by atoms with Gasteiger partial charge in [0, 0.05) is 59.1 Å². The summed E-state index contributed by atoms with van der Waals surface area (Å²) in [5.41, 5.74) is 0. The summed E-state index contributed by atoms with van der Waals surface area (Å²) in [5, 5.41) is 6.89. The van der Waals surface area contributed by atoms with E-state index in [4.69, 9.17) is 9.90 Å². The Morgan fingerprint density at radius 1 is 1.40 bits per heavy atom. The molecule has 0 saturated heterocycles. The summed E-state index contributed by atoms with van der Waals surface area (Å²) in [4.78, 5) is 8.36. The Balaban J connectivity index is -0.0000000200. The summed E-state index contributed by atoms with van der Waals surface area (Å²) >= 11 is 0. The summed E-state index contributed by atoms with van der Waals surface area (Å²) in [6.07, 6.45) is 0. The molecule has 0 aromatic rings. The van der Waals surface area contributed by atoms with Crippen LogP contribution in [0.4, 0.5) is 0 Å². The van der Waals surface area contributed by atoms with Gasteiger partial charge in [0.05, 0.1) is 0 Å². The zero-order valence-corrected chi connectivity index (χ0v) is 7.43. The standard InChI is InChI=1S/CH2O2.2Na/c2-1-3;;/h1H,(H,2,3);;. The van der Waals surface area contributed by atoms with Crippen molar-refractivity contribution in [2.75, 3.05) is 0 Å². The van der Waals surface area contributed by atoms with Crippen LogP contribution in [0, 0.1) is 0 Å². The third-order valence-corrected chi connectivity index (χ3v) is 0. The second-order valence-electron chi connectivity index (χ2n) is 0.105. The predicted octanol–water partition coefficient (Wildman–Crippen LogP) is -1.06. The molecule has 0 aromatic carbocycles. The molecule has 0 fully saturated rings. The molecule has 1 N–H and O–H groups in total. The van der Waals surface area contributed by atoms with Crippen molar-refractivity contribution < 1.29 is 9.90 Å². The Hall–Kier alpha value is 1.47. The van der Waals surface area contributed by atoms with Gasteiger partial charge in [-0.2, -0.15) is 0 Å². The van der Waals surface area contributed by atoms with Crippen LogP contribution in [0.3, 0.4) is 0 Å². The van der Waals surface area contributed by atoms with Crippen LogP contribution in [-0.4, -0.2) is 70.7 Å². The van der Waals surface area contributed by atoms with E-state index in [0.717, 1.165) is 0 Å². The molecule has 20 valence electrons. The van der Waals surface area contributed by atoms with Crippen LogP contribution in [0.2, 0.25) is 0 Å². The third-order valence-electron chi connectivity index (χ3n) is 0. The van der Waals surface area contributed by atoms with Crippen molar-refractivity contribution in [1.82, 2.24) is 0 Å². The maximum absolute atomic E-state index is 8.36. The van der Waals surface area contributed by atoms with Crippen LogP contribution in [0.25, 0.3) is 0 Å². The van der Waals surface area contributed by atoms with E-state index in [2.05, 4.69) is 0 Å². The van der Waals surface area contributed by atoms with Gasteiger partial charge in [0.25, 0.3) is 6.47 Å². The average Bonchev–Trinajstić information content (AvgIpc) is 0.918. The molecule has 0 heterocycles. The summed E-state index contributed by atoms with van der Waals surface area (Å²) in [5.74, 6) is 0. The molecule has 0 aliphatic heterocycles. The Kier molecular flexibility index (Phi) is 57.6. The molecule has 0 aliphatic rings. The molecule has 2 radical (unpaired) electrons. The first-order valence-electron chi connectivity index (χ1n) is 0.494. The molecule has 0 rings (SSSR count). The van der Waals surface area contributed by atoms with Crippen molar-refractivity contribution in [3.8, 4) is 0 Å². The fraction of sp³-hybridized carbons (Fsp3) is 0. The van der Waals surface area contributed by atoms with E-state index in [0.29, 0.717) is 0 Å². The summed E-state index contributed by atoms with van der Waals surface area (Å²) in [7, 11) is 0. The molecule has 0 spiro atoms.